The Morgan fingerprint density at radius 2 is 2.16 bits per heavy atom. The molecule has 0 aliphatic heterocycles. The molecule has 0 saturated carbocycles. The van der Waals surface area contributed by atoms with Gasteiger partial charge in [-0.2, -0.15) is 0 Å². The summed E-state index contributed by atoms with van der Waals surface area (Å²) in [7, 11) is -2.21. The van der Waals surface area contributed by atoms with Gasteiger partial charge in [-0.25, -0.2) is 17.9 Å². The van der Waals surface area contributed by atoms with Gasteiger partial charge in [0.15, 0.2) is 5.58 Å². The molecule has 0 fully saturated rings. The van der Waals surface area contributed by atoms with Gasteiger partial charge in [0.25, 0.3) is 0 Å². The van der Waals surface area contributed by atoms with E-state index in [2.05, 4.69) is 4.72 Å². The Morgan fingerprint density at radius 1 is 1.47 bits per heavy atom. The first-order valence-corrected chi connectivity index (χ1v) is 7.06. The average Bonchev–Trinajstić information content (AvgIpc) is 2.64. The molecule has 2 rings (SSSR count). The second-order valence-corrected chi connectivity index (χ2v) is 5.98. The number of aliphatic hydroxyl groups excluding tert-OH is 1. The van der Waals surface area contributed by atoms with Crippen molar-refractivity contribution in [3.05, 3.63) is 28.7 Å². The van der Waals surface area contributed by atoms with Gasteiger partial charge < -0.3 is 9.52 Å². The number of nitrogens with zero attached hydrogens (tertiary/aromatic N) is 1. The van der Waals surface area contributed by atoms with E-state index in [9.17, 15) is 13.2 Å². The first-order chi connectivity index (χ1) is 8.85. The summed E-state index contributed by atoms with van der Waals surface area (Å²) in [5.41, 5.74) is 0.714. The van der Waals surface area contributed by atoms with Crippen LogP contribution in [0.2, 0.25) is 0 Å². The lowest BCUT2D eigenvalue weighted by Gasteiger charge is -2.11. The van der Waals surface area contributed by atoms with Crippen molar-refractivity contribution in [2.45, 2.75) is 17.9 Å². The molecule has 1 heterocycles. The summed E-state index contributed by atoms with van der Waals surface area (Å²) in [6.45, 7) is 1.24. The zero-order valence-corrected chi connectivity index (χ0v) is 11.3. The monoisotopic (exact) mass is 286 g/mol. The number of fused-ring (bicyclic) bond motifs is 1. The zero-order valence-electron chi connectivity index (χ0n) is 10.5. The summed E-state index contributed by atoms with van der Waals surface area (Å²) in [4.78, 5) is 11.3. The molecule has 0 aliphatic rings. The molecule has 7 nitrogen and oxygen atoms in total. The van der Waals surface area contributed by atoms with E-state index in [1.54, 1.807) is 6.92 Å². The van der Waals surface area contributed by atoms with Crippen LogP contribution in [0.25, 0.3) is 11.1 Å². The molecule has 1 unspecified atom stereocenters. The zero-order chi connectivity index (χ0) is 14.2. The molecular weight excluding hydrogens is 272 g/mol. The molecule has 0 bridgehead atoms. The maximum Gasteiger partial charge on any atom is 0.419 e. The van der Waals surface area contributed by atoms with Crippen LogP contribution in [0.1, 0.15) is 6.92 Å². The minimum atomic E-state index is -3.75. The standard InChI is InChI=1S/C11H14N2O5S/c1-7(6-14)12-19(16,17)8-3-4-9-10(5-8)18-11(15)13(9)2/h3-5,7,12,14H,6H2,1-2H3. The van der Waals surface area contributed by atoms with Crippen LogP contribution in [-0.2, 0) is 17.1 Å². The molecular formula is C11H14N2O5S. The van der Waals surface area contributed by atoms with Crippen LogP contribution in [0.3, 0.4) is 0 Å². The van der Waals surface area contributed by atoms with Gasteiger partial charge in [-0.05, 0) is 19.1 Å². The number of rotatable bonds is 4. The van der Waals surface area contributed by atoms with Gasteiger partial charge in [0.1, 0.15) is 0 Å². The SMILES string of the molecule is CC(CO)NS(=O)(=O)c1ccc2c(c1)oc(=O)n2C. The molecule has 0 saturated heterocycles. The normalized spacial score (nSPS) is 13.8. The van der Waals surface area contributed by atoms with Crippen LogP contribution < -0.4 is 10.5 Å². The van der Waals surface area contributed by atoms with Gasteiger partial charge in [0, 0.05) is 19.2 Å². The Labute approximate surface area is 109 Å². The van der Waals surface area contributed by atoms with Gasteiger partial charge in [0.05, 0.1) is 17.0 Å². The largest absolute Gasteiger partial charge is 0.419 e. The topological polar surface area (TPSA) is 102 Å². The van der Waals surface area contributed by atoms with Gasteiger partial charge in [-0.15, -0.1) is 0 Å². The maximum absolute atomic E-state index is 12.0. The van der Waals surface area contributed by atoms with Crippen molar-refractivity contribution in [2.24, 2.45) is 7.05 Å². The van der Waals surface area contributed by atoms with Crippen LogP contribution in [0.4, 0.5) is 0 Å². The third kappa shape index (κ3) is 2.55. The van der Waals surface area contributed by atoms with Crippen LogP contribution in [0, 0.1) is 0 Å². The lowest BCUT2D eigenvalue weighted by molar-refractivity contribution is 0.265. The van der Waals surface area contributed by atoms with Crippen molar-refractivity contribution >= 4 is 21.1 Å². The van der Waals surface area contributed by atoms with E-state index < -0.39 is 21.8 Å². The second kappa shape index (κ2) is 4.80. The number of aryl methyl sites for hydroxylation is 1. The third-order valence-electron chi connectivity index (χ3n) is 2.70. The van der Waals surface area contributed by atoms with Crippen molar-refractivity contribution in [3.63, 3.8) is 0 Å². The fraction of sp³-hybridized carbons (Fsp3) is 0.364. The number of hydrogen-bond acceptors (Lipinski definition) is 5. The molecule has 1 aromatic heterocycles. The number of oxazole rings is 1. The average molecular weight is 286 g/mol. The van der Waals surface area contributed by atoms with Crippen LogP contribution >= 0.6 is 0 Å². The van der Waals surface area contributed by atoms with E-state index in [0.29, 0.717) is 5.52 Å². The van der Waals surface area contributed by atoms with Crippen LogP contribution in [-0.4, -0.2) is 30.7 Å². The maximum atomic E-state index is 12.0. The van der Waals surface area contributed by atoms with Crippen molar-refractivity contribution in [3.8, 4) is 0 Å². The van der Waals surface area contributed by atoms with Gasteiger partial charge >= 0.3 is 5.76 Å². The Hall–Kier alpha value is -1.64. The van der Waals surface area contributed by atoms with E-state index in [-0.39, 0.29) is 17.1 Å². The Morgan fingerprint density at radius 3 is 2.79 bits per heavy atom. The predicted octanol–water partition coefficient (Wildman–Crippen LogP) is -0.209. The number of aromatic nitrogens is 1. The molecule has 2 aromatic rings. The minimum Gasteiger partial charge on any atom is -0.408 e. The molecule has 2 N–H and O–H groups in total. The lowest BCUT2D eigenvalue weighted by Crippen LogP contribution is -2.34. The number of benzene rings is 1. The van der Waals surface area contributed by atoms with Gasteiger partial charge in [-0.3, -0.25) is 4.57 Å². The van der Waals surface area contributed by atoms with Crippen molar-refractivity contribution in [1.29, 1.82) is 0 Å². The summed E-state index contributed by atoms with van der Waals surface area (Å²) in [5, 5.41) is 8.87. The molecule has 104 valence electrons. The number of aliphatic hydroxyl groups is 1. The highest BCUT2D eigenvalue weighted by atomic mass is 32.2. The van der Waals surface area contributed by atoms with E-state index in [1.165, 1.54) is 29.8 Å². The fourth-order valence-corrected chi connectivity index (χ4v) is 2.90. The van der Waals surface area contributed by atoms with Gasteiger partial charge in [0.2, 0.25) is 10.0 Å². The Balaban J connectivity index is 2.49. The predicted molar refractivity (Wildman–Crippen MR) is 68.3 cm³/mol. The second-order valence-electron chi connectivity index (χ2n) is 4.26. The number of nitrogens with one attached hydrogen (secondary N) is 1. The van der Waals surface area contributed by atoms with E-state index in [0.717, 1.165) is 0 Å². The highest BCUT2D eigenvalue weighted by Gasteiger charge is 2.18. The molecule has 0 aliphatic carbocycles. The minimum absolute atomic E-state index is 0.0188. The Bertz CT molecular complexity index is 759. The van der Waals surface area contributed by atoms with Crippen molar-refractivity contribution < 1.29 is 17.9 Å². The first-order valence-electron chi connectivity index (χ1n) is 5.58. The van der Waals surface area contributed by atoms with E-state index >= 15 is 0 Å². The number of sulfonamides is 1. The Kier molecular flexibility index (Phi) is 3.48. The van der Waals surface area contributed by atoms with E-state index in [1.807, 2.05) is 0 Å². The first kappa shape index (κ1) is 13.8. The molecule has 0 spiro atoms. The molecule has 0 amide bonds. The quantitative estimate of drug-likeness (QED) is 0.810. The molecule has 1 aromatic carbocycles. The van der Waals surface area contributed by atoms with Crippen LogP contribution in [0.15, 0.2) is 32.3 Å². The highest BCUT2D eigenvalue weighted by molar-refractivity contribution is 7.89. The summed E-state index contributed by atoms with van der Waals surface area (Å²) < 4.78 is 32.5. The van der Waals surface area contributed by atoms with Crippen molar-refractivity contribution in [1.82, 2.24) is 9.29 Å². The number of hydrogen-bond donors (Lipinski definition) is 2. The van der Waals surface area contributed by atoms with Gasteiger partial charge in [-0.1, -0.05) is 0 Å². The molecule has 8 heteroatoms. The molecule has 19 heavy (non-hydrogen) atoms. The highest BCUT2D eigenvalue weighted by Crippen LogP contribution is 2.18. The molecule has 0 radical (unpaired) electrons. The summed E-state index contributed by atoms with van der Waals surface area (Å²) in [6, 6.07) is 3.56. The smallest absolute Gasteiger partial charge is 0.408 e. The fourth-order valence-electron chi connectivity index (χ4n) is 1.65. The third-order valence-corrected chi connectivity index (χ3v) is 4.29. The summed E-state index contributed by atoms with van der Waals surface area (Å²) >= 11 is 0. The lowest BCUT2D eigenvalue weighted by atomic mass is 10.3. The van der Waals surface area contributed by atoms with Crippen LogP contribution in [0.5, 0.6) is 0 Å². The summed E-state index contributed by atoms with van der Waals surface area (Å²) in [6.07, 6.45) is 0. The summed E-state index contributed by atoms with van der Waals surface area (Å²) in [5.74, 6) is -0.554. The molecule has 1 atom stereocenters. The van der Waals surface area contributed by atoms with E-state index in [4.69, 9.17) is 9.52 Å². The van der Waals surface area contributed by atoms with Crippen molar-refractivity contribution in [2.75, 3.05) is 6.61 Å².